The topological polar surface area (TPSA) is 280 Å². The van der Waals surface area contributed by atoms with Gasteiger partial charge in [-0.05, 0) is 295 Å². The maximum Gasteiger partial charge on any atom is 0.495 e. The Morgan fingerprint density at radius 3 is 0.779 bits per heavy atom. The van der Waals surface area contributed by atoms with Crippen LogP contribution in [-0.2, 0) is 18.6 Å². The molecule has 0 spiro atoms. The maximum absolute atomic E-state index is 6.88. The summed E-state index contributed by atoms with van der Waals surface area (Å²) in [4.78, 5) is 79.6. The van der Waals surface area contributed by atoms with Crippen molar-refractivity contribution in [3.05, 3.63) is 394 Å². The highest BCUT2D eigenvalue weighted by Crippen LogP contribution is 2.60. The summed E-state index contributed by atoms with van der Waals surface area (Å²) in [5.74, 6) is 8.99. The molecule has 21 aromatic rings. The average Bonchev–Trinajstić information content (AvgIpc) is 1.71. The van der Waals surface area contributed by atoms with Crippen molar-refractivity contribution in [3.8, 4) is 138 Å². The average molecular weight is 1970 g/mol. The molecule has 9 aromatic heterocycles. The predicted molar refractivity (Wildman–Crippen MR) is 580 cm³/mol. The zero-order valence-electron chi connectivity index (χ0n) is 81.7. The molecule has 0 amide bonds. The summed E-state index contributed by atoms with van der Waals surface area (Å²) in [5, 5.41) is 3.70. The molecule has 0 unspecified atom stereocenters. The summed E-state index contributed by atoms with van der Waals surface area (Å²) in [6.07, 6.45) is 10.2. The molecule has 2 fully saturated rings. The number of anilines is 12. The van der Waals surface area contributed by atoms with Crippen LogP contribution in [0, 0.1) is 0 Å². The van der Waals surface area contributed by atoms with Crippen LogP contribution in [0.3, 0.4) is 0 Å². The summed E-state index contributed by atoms with van der Waals surface area (Å²) in [5.41, 5.74) is 15.1. The molecule has 30 heteroatoms. The van der Waals surface area contributed by atoms with E-state index < -0.39 is 36.6 Å². The number of hydrogen-bond donors (Lipinski definition) is 0. The second kappa shape index (κ2) is 37.4. The molecule has 720 valence electrons. The van der Waals surface area contributed by atoms with Crippen molar-refractivity contribution in [3.63, 3.8) is 0 Å². The Labute approximate surface area is 863 Å². The number of pyridine rings is 6. The largest absolute Gasteiger partial charge is 0.495 e. The van der Waals surface area contributed by atoms with E-state index in [1.165, 1.54) is 0 Å². The smallest absolute Gasteiger partial charge is 0.453 e. The molecular weight excluding hydrogens is 1880 g/mol. The van der Waals surface area contributed by atoms with E-state index >= 15 is 0 Å². The molecule has 0 bridgehead atoms. The normalized spacial score (nSPS) is 14.7. The molecule has 0 saturated carbocycles. The lowest BCUT2D eigenvalue weighted by Crippen LogP contribution is -2.41. The van der Waals surface area contributed by atoms with Crippen LogP contribution < -0.4 is 49.5 Å². The summed E-state index contributed by atoms with van der Waals surface area (Å²) < 4.78 is 53.5. The first kappa shape index (κ1) is 91.9. The first-order valence-corrected chi connectivity index (χ1v) is 49.1. The van der Waals surface area contributed by atoms with Crippen molar-refractivity contribution in [2.45, 2.75) is 77.8 Å². The molecule has 15 heterocycles. The van der Waals surface area contributed by atoms with E-state index in [1.54, 1.807) is 37.2 Å². The van der Waals surface area contributed by atoms with Gasteiger partial charge in [-0.15, -0.1) is 0 Å². The van der Waals surface area contributed by atoms with Crippen LogP contribution in [-0.4, -0.2) is 111 Å². The molecule has 0 N–H and O–H groups in total. The van der Waals surface area contributed by atoms with Crippen LogP contribution in [0.15, 0.2) is 389 Å². The van der Waals surface area contributed by atoms with Gasteiger partial charge in [0, 0.05) is 70.5 Å². The first-order valence-electron chi connectivity index (χ1n) is 48.7. The van der Waals surface area contributed by atoms with Gasteiger partial charge in [0.05, 0.1) is 79.3 Å². The number of halogens is 1. The van der Waals surface area contributed by atoms with Crippen molar-refractivity contribution >= 4 is 127 Å². The lowest BCUT2D eigenvalue weighted by atomic mass is 9.69. The second-order valence-electron chi connectivity index (χ2n) is 38.1. The Morgan fingerprint density at radius 2 is 0.477 bits per heavy atom. The minimum Gasteiger partial charge on any atom is -0.453 e. The molecule has 12 aromatic carbocycles. The van der Waals surface area contributed by atoms with E-state index in [2.05, 4.69) is 213 Å². The van der Waals surface area contributed by atoms with Gasteiger partial charge in [0.1, 0.15) is 34.2 Å². The molecule has 149 heavy (non-hydrogen) atoms. The third-order valence-corrected chi connectivity index (χ3v) is 27.8. The SMILES string of the molecule is CC1(C)OB(c2cc(B3OC(C)(C)C(C)(C)O3)c3cc(N4c5ccccc5Oc5ccccc54)cc(N4c5ccccc5Oc5ccccc54)c3c2)OC1(C)C.Clc1nc(-c2ccccn2)nc(-c2ccccn2)n1.c1ccc(-c2nc(-c3cc(-c4nc(-c5ccccn5)nc(-c5ccccn5)n4)c4cc(N5c6ccccc6Oc6ccccc65)cc(N5c6ccccc6Oc6ccccc65)c4c3)nc(-c3ccccn3)n2)nc1. The van der Waals surface area contributed by atoms with Crippen LogP contribution in [0.25, 0.3) is 113 Å². The minimum atomic E-state index is -0.679. The summed E-state index contributed by atoms with van der Waals surface area (Å²) >= 11 is 5.93. The van der Waals surface area contributed by atoms with E-state index in [0.29, 0.717) is 115 Å². The molecule has 6 aliphatic rings. The van der Waals surface area contributed by atoms with Gasteiger partial charge in [0.25, 0.3) is 0 Å². The molecular formula is C119H88B2ClN19O8. The first-order chi connectivity index (χ1) is 72.7. The summed E-state index contributed by atoms with van der Waals surface area (Å²) in [7, 11) is -1.30. The van der Waals surface area contributed by atoms with Gasteiger partial charge in [-0.2, -0.15) is 9.97 Å². The van der Waals surface area contributed by atoms with Gasteiger partial charge in [0.2, 0.25) is 5.28 Å². The van der Waals surface area contributed by atoms with E-state index in [1.807, 2.05) is 249 Å². The van der Waals surface area contributed by atoms with Gasteiger partial charge in [-0.25, -0.2) is 34.9 Å². The highest BCUT2D eigenvalue weighted by Gasteiger charge is 2.55. The number of nitrogens with zero attached hydrogens (tertiary/aromatic N) is 19. The fourth-order valence-electron chi connectivity index (χ4n) is 19.0. The van der Waals surface area contributed by atoms with Gasteiger partial charge in [0.15, 0.2) is 92.6 Å². The number of rotatable bonds is 14. The Morgan fingerprint density at radius 1 is 0.221 bits per heavy atom. The van der Waals surface area contributed by atoms with Crippen molar-refractivity contribution in [1.82, 2.24) is 74.8 Å². The number of benzene rings is 12. The molecule has 2 saturated heterocycles. The van der Waals surface area contributed by atoms with Crippen LogP contribution in [0.5, 0.6) is 46.0 Å². The van der Waals surface area contributed by atoms with Crippen molar-refractivity contribution in [2.75, 3.05) is 19.6 Å². The highest BCUT2D eigenvalue weighted by molar-refractivity contribution is 6.68. The Bertz CT molecular complexity index is 8410. The number of ether oxygens (including phenoxy) is 4. The lowest BCUT2D eigenvalue weighted by Gasteiger charge is -2.36. The minimum absolute atomic E-state index is 0.122. The zero-order chi connectivity index (χ0) is 101. The summed E-state index contributed by atoms with van der Waals surface area (Å²) in [6, 6.07) is 116. The summed E-state index contributed by atoms with van der Waals surface area (Å²) in [6.45, 7) is 16.7. The standard InChI is InChI=1S/C60H36N12O2.C46H44B2N2O6.C13H8ClN5/c1-5-25-51-46(21-1)71(47-22-2-6-26-52(47)73-51)38-35-39-40(50(36-38)72-48-23-3-7-27-53(48)74-54-28-8-4-24-49(54)72)33-37(55-65-57(42-17-9-13-29-61-42)69-58(66-55)43-18-10-14-30-62-43)34-41(39)56-67-59(44-19-11-15-31-63-44)70-60(68-56)45-20-12-16-32-64-45;1-43(2)44(3,4)54-47(53-43)29-25-32-31(33(26-29)48-55-45(5,6)46(7,8)56-48)27-30(49-34-17-9-13-21-39(34)51-40-22-14-10-18-35(40)49)28-38(32)50-36-19-11-15-23-41(36)52-42-24-16-12-20-37(42)50;14-13-18-11(9-5-1-3-7-15-9)17-12(19-13)10-6-2-4-8-16-10/h1-36H;9-28H,1-8H3;1-8H. The number of para-hydroxylation sites is 16. The van der Waals surface area contributed by atoms with Gasteiger partial charge in [-0.3, -0.25) is 29.9 Å². The van der Waals surface area contributed by atoms with E-state index in [-0.39, 0.29) is 5.28 Å². The molecule has 27 rings (SSSR count). The molecule has 0 radical (unpaired) electrons. The highest BCUT2D eigenvalue weighted by atomic mass is 35.5. The third kappa shape index (κ3) is 17.1. The second-order valence-corrected chi connectivity index (χ2v) is 38.4. The molecule has 0 aliphatic carbocycles. The van der Waals surface area contributed by atoms with Crippen LogP contribution in [0.1, 0.15) is 55.4 Å². The lowest BCUT2D eigenvalue weighted by molar-refractivity contribution is 0.00578. The Hall–Kier alpha value is -18.3. The monoisotopic (exact) mass is 1970 g/mol. The van der Waals surface area contributed by atoms with Gasteiger partial charge >= 0.3 is 14.2 Å². The van der Waals surface area contributed by atoms with Crippen LogP contribution in [0.4, 0.5) is 68.2 Å². The van der Waals surface area contributed by atoms with Crippen LogP contribution in [0.2, 0.25) is 5.28 Å². The van der Waals surface area contributed by atoms with E-state index in [0.717, 1.165) is 124 Å². The molecule has 27 nitrogen and oxygen atoms in total. The van der Waals surface area contributed by atoms with E-state index in [9.17, 15) is 0 Å². The zero-order valence-corrected chi connectivity index (χ0v) is 82.5. The van der Waals surface area contributed by atoms with Gasteiger partial charge in [-0.1, -0.05) is 146 Å². The number of aromatic nitrogens is 15. The van der Waals surface area contributed by atoms with Crippen molar-refractivity contribution < 1.29 is 37.6 Å². The van der Waals surface area contributed by atoms with E-state index in [4.69, 9.17) is 89.0 Å². The Balaban J connectivity index is 0.000000134. The van der Waals surface area contributed by atoms with Crippen molar-refractivity contribution in [2.24, 2.45) is 0 Å². The molecule has 6 aliphatic heterocycles. The number of hydrogen-bond acceptors (Lipinski definition) is 27. The van der Waals surface area contributed by atoms with Gasteiger partial charge < -0.3 is 57.2 Å². The maximum atomic E-state index is 6.88. The Kier molecular flexibility index (Phi) is 23.1. The quantitative estimate of drug-likeness (QED) is 0.0914. The van der Waals surface area contributed by atoms with Crippen LogP contribution >= 0.6 is 11.6 Å². The fourth-order valence-corrected chi connectivity index (χ4v) is 19.2. The number of fused-ring (bicyclic) bond motifs is 10. The third-order valence-electron chi connectivity index (χ3n) is 27.6. The van der Waals surface area contributed by atoms with Crippen molar-refractivity contribution in [1.29, 1.82) is 0 Å². The fraction of sp³-hybridized carbons (Fsp3) is 0.101. The predicted octanol–water partition coefficient (Wildman–Crippen LogP) is 27.2. The molecule has 0 atom stereocenters.